The van der Waals surface area contributed by atoms with Crippen molar-refractivity contribution in [3.8, 4) is 5.75 Å². The molecular weight excluding hydrogens is 356 g/mol. The number of methoxy groups -OCH3 is 1. The second-order valence-electron chi connectivity index (χ2n) is 10.5. The summed E-state index contributed by atoms with van der Waals surface area (Å²) in [4.78, 5) is 6.90. The monoisotopic (exact) mass is 392 g/mol. The van der Waals surface area contributed by atoms with E-state index in [4.69, 9.17) is 4.74 Å². The van der Waals surface area contributed by atoms with Crippen molar-refractivity contribution in [3.05, 3.63) is 41.9 Å². The van der Waals surface area contributed by atoms with Gasteiger partial charge in [-0.2, -0.15) is 0 Å². The third-order valence-corrected chi connectivity index (χ3v) is 9.16. The lowest BCUT2D eigenvalue weighted by atomic mass is 9.47. The van der Waals surface area contributed by atoms with Crippen LogP contribution in [0.3, 0.4) is 0 Å². The van der Waals surface area contributed by atoms with Crippen molar-refractivity contribution in [2.24, 2.45) is 28.6 Å². The summed E-state index contributed by atoms with van der Waals surface area (Å²) in [6.45, 7) is 6.36. The average Bonchev–Trinajstić information content (AvgIpc) is 2.99. The van der Waals surface area contributed by atoms with Crippen molar-refractivity contribution in [3.63, 3.8) is 0 Å². The van der Waals surface area contributed by atoms with E-state index in [-0.39, 0.29) is 5.41 Å². The molecule has 5 rings (SSSR count). The molecule has 2 fully saturated rings. The van der Waals surface area contributed by atoms with Crippen LogP contribution in [0.4, 0.5) is 0 Å². The van der Waals surface area contributed by atoms with Crippen LogP contribution in [-0.4, -0.2) is 30.6 Å². The number of pyridine rings is 1. The number of fused-ring (bicyclic) bond motifs is 5. The molecule has 0 bridgehead atoms. The van der Waals surface area contributed by atoms with Gasteiger partial charge in [0.2, 0.25) is 0 Å². The highest BCUT2D eigenvalue weighted by molar-refractivity contribution is 5.73. The molecule has 0 N–H and O–H groups in total. The second kappa shape index (κ2) is 6.89. The molecule has 3 unspecified atom stereocenters. The van der Waals surface area contributed by atoms with E-state index in [0.717, 1.165) is 23.5 Å². The first-order chi connectivity index (χ1) is 14.0. The Hall–Kier alpha value is -1.77. The van der Waals surface area contributed by atoms with Crippen LogP contribution >= 0.6 is 0 Å². The number of hydrogen-bond acceptors (Lipinski definition) is 3. The predicted octanol–water partition coefficient (Wildman–Crippen LogP) is 5.94. The minimum absolute atomic E-state index is 0.286. The van der Waals surface area contributed by atoms with Crippen LogP contribution < -0.4 is 4.74 Å². The number of rotatable bonds is 2. The zero-order valence-corrected chi connectivity index (χ0v) is 18.6. The van der Waals surface area contributed by atoms with Gasteiger partial charge in [-0.05, 0) is 103 Å². The van der Waals surface area contributed by atoms with Crippen LogP contribution in [0.2, 0.25) is 0 Å². The molecule has 2 saturated carbocycles. The van der Waals surface area contributed by atoms with Crippen molar-refractivity contribution in [1.82, 2.24) is 9.88 Å². The van der Waals surface area contributed by atoms with Gasteiger partial charge in [0, 0.05) is 19.8 Å². The zero-order valence-electron chi connectivity index (χ0n) is 18.6. The second-order valence-corrected chi connectivity index (χ2v) is 10.5. The molecule has 0 radical (unpaired) electrons. The molecule has 0 spiro atoms. The number of aromatic nitrogens is 1. The smallest absolute Gasteiger partial charge is 0.137 e. The highest BCUT2D eigenvalue weighted by atomic mass is 16.5. The number of hydrogen-bond donors (Lipinski definition) is 0. The molecule has 2 heterocycles. The molecule has 29 heavy (non-hydrogen) atoms. The van der Waals surface area contributed by atoms with Crippen LogP contribution in [0, 0.1) is 28.6 Å². The van der Waals surface area contributed by atoms with Crippen LogP contribution in [0.15, 0.2) is 36.3 Å². The van der Waals surface area contributed by atoms with Gasteiger partial charge in [-0.3, -0.25) is 4.98 Å². The zero-order chi connectivity index (χ0) is 20.2. The van der Waals surface area contributed by atoms with Gasteiger partial charge >= 0.3 is 0 Å². The molecule has 0 aromatic carbocycles. The van der Waals surface area contributed by atoms with E-state index in [1.807, 2.05) is 12.4 Å². The van der Waals surface area contributed by atoms with Crippen molar-refractivity contribution in [1.29, 1.82) is 0 Å². The van der Waals surface area contributed by atoms with Gasteiger partial charge in [0.05, 0.1) is 13.3 Å². The summed E-state index contributed by atoms with van der Waals surface area (Å²) in [5.74, 6) is 3.35. The Morgan fingerprint density at radius 2 is 1.97 bits per heavy atom. The van der Waals surface area contributed by atoms with E-state index in [1.165, 1.54) is 62.6 Å². The summed E-state index contributed by atoms with van der Waals surface area (Å²) in [7, 11) is 4.00. The van der Waals surface area contributed by atoms with Gasteiger partial charge in [0.15, 0.2) is 0 Å². The first-order valence-corrected chi connectivity index (χ1v) is 11.6. The van der Waals surface area contributed by atoms with Crippen molar-refractivity contribution in [2.45, 2.75) is 58.8 Å². The maximum absolute atomic E-state index is 5.46. The fourth-order valence-electron chi connectivity index (χ4n) is 7.60. The van der Waals surface area contributed by atoms with Crippen LogP contribution in [0.25, 0.3) is 5.57 Å². The number of ether oxygens (including phenoxy) is 1. The topological polar surface area (TPSA) is 25.4 Å². The lowest BCUT2D eigenvalue weighted by molar-refractivity contribution is -0.0186. The SMILES string of the molecule is COc1cncc(C2=CCC3C4CCC5=CN(C)CCC[C@]5(C)C4CC[C@]23C)c1. The standard InChI is InChI=1S/C26H36N2O/c1-25-11-5-13-28(3)17-19(25)6-7-21-23-9-8-22(26(23,2)12-10-24(21)25)18-14-20(29-4)16-27-15-18/h8,14-17,21,23-24H,5-7,9-13H2,1-4H3/t21?,23?,24?,25-,26+/m0/s1. The molecule has 5 atom stereocenters. The largest absolute Gasteiger partial charge is 0.495 e. The van der Waals surface area contributed by atoms with Gasteiger partial charge in [0.1, 0.15) is 5.75 Å². The molecule has 3 aliphatic carbocycles. The molecule has 0 amide bonds. The third kappa shape index (κ3) is 2.87. The van der Waals surface area contributed by atoms with E-state index < -0.39 is 0 Å². The maximum atomic E-state index is 5.46. The number of nitrogens with zero attached hydrogens (tertiary/aromatic N) is 2. The molecule has 1 aliphatic heterocycles. The summed E-state index contributed by atoms with van der Waals surface area (Å²) in [5, 5.41) is 0. The maximum Gasteiger partial charge on any atom is 0.137 e. The first-order valence-electron chi connectivity index (χ1n) is 11.6. The molecule has 3 nitrogen and oxygen atoms in total. The quantitative estimate of drug-likeness (QED) is 0.623. The Morgan fingerprint density at radius 3 is 2.79 bits per heavy atom. The van der Waals surface area contributed by atoms with Crippen LogP contribution in [0.1, 0.15) is 64.4 Å². The van der Waals surface area contributed by atoms with E-state index in [0.29, 0.717) is 5.41 Å². The highest BCUT2D eigenvalue weighted by Crippen LogP contribution is 2.66. The fourth-order valence-corrected chi connectivity index (χ4v) is 7.60. The van der Waals surface area contributed by atoms with Crippen molar-refractivity contribution >= 4 is 5.57 Å². The molecule has 3 heteroatoms. The van der Waals surface area contributed by atoms with Gasteiger partial charge in [-0.15, -0.1) is 0 Å². The van der Waals surface area contributed by atoms with Gasteiger partial charge in [-0.25, -0.2) is 0 Å². The Morgan fingerprint density at radius 1 is 1.10 bits per heavy atom. The number of allylic oxidation sites excluding steroid dienone is 3. The molecule has 156 valence electrons. The summed E-state index contributed by atoms with van der Waals surface area (Å²) in [6, 6.07) is 2.18. The summed E-state index contributed by atoms with van der Waals surface area (Å²) < 4.78 is 5.46. The molecule has 4 aliphatic rings. The average molecular weight is 393 g/mol. The minimum atomic E-state index is 0.286. The summed E-state index contributed by atoms with van der Waals surface area (Å²) in [6.07, 6.45) is 18.2. The summed E-state index contributed by atoms with van der Waals surface area (Å²) in [5.41, 5.74) is 5.24. The fraction of sp³-hybridized carbons (Fsp3) is 0.654. The Bertz CT molecular complexity index is 858. The third-order valence-electron chi connectivity index (χ3n) is 9.16. The van der Waals surface area contributed by atoms with E-state index in [2.05, 4.69) is 49.1 Å². The Labute approximate surface area is 176 Å². The van der Waals surface area contributed by atoms with Crippen molar-refractivity contribution < 1.29 is 4.74 Å². The van der Waals surface area contributed by atoms with E-state index in [1.54, 1.807) is 12.7 Å². The first kappa shape index (κ1) is 19.2. The Kier molecular flexibility index (Phi) is 4.56. The van der Waals surface area contributed by atoms with Gasteiger partial charge in [-0.1, -0.05) is 19.9 Å². The van der Waals surface area contributed by atoms with Gasteiger partial charge in [0.25, 0.3) is 0 Å². The van der Waals surface area contributed by atoms with E-state index >= 15 is 0 Å². The van der Waals surface area contributed by atoms with Crippen LogP contribution in [0.5, 0.6) is 5.75 Å². The Balaban J connectivity index is 1.46. The molecule has 1 aromatic rings. The molecule has 0 saturated heterocycles. The molecule has 1 aromatic heterocycles. The lowest BCUT2D eigenvalue weighted by Gasteiger charge is -2.57. The van der Waals surface area contributed by atoms with E-state index in [9.17, 15) is 0 Å². The van der Waals surface area contributed by atoms with Crippen LogP contribution in [-0.2, 0) is 0 Å². The lowest BCUT2D eigenvalue weighted by Crippen LogP contribution is -2.48. The predicted molar refractivity (Wildman–Crippen MR) is 118 cm³/mol. The normalized spacial score (nSPS) is 38.9. The highest BCUT2D eigenvalue weighted by Gasteiger charge is 2.56. The minimum Gasteiger partial charge on any atom is -0.495 e. The molecular formula is C26H36N2O. The summed E-state index contributed by atoms with van der Waals surface area (Å²) >= 11 is 0. The van der Waals surface area contributed by atoms with Crippen molar-refractivity contribution in [2.75, 3.05) is 20.7 Å². The van der Waals surface area contributed by atoms with Gasteiger partial charge < -0.3 is 9.64 Å².